The second kappa shape index (κ2) is 9.21. The molecule has 0 aliphatic carbocycles. The third-order valence-corrected chi connectivity index (χ3v) is 4.58. The van der Waals surface area contributed by atoms with Crippen LogP contribution in [0.2, 0.25) is 0 Å². The number of carbonyl (C=O) groups is 2. The second-order valence-electron chi connectivity index (χ2n) is 6.59. The van der Waals surface area contributed by atoms with Crippen LogP contribution in [0.25, 0.3) is 0 Å². The predicted octanol–water partition coefficient (Wildman–Crippen LogP) is 4.22. The summed E-state index contributed by atoms with van der Waals surface area (Å²) in [6.07, 6.45) is 10.8. The molecule has 0 spiro atoms. The molecule has 0 aromatic heterocycles. The molecule has 1 heterocycles. The highest BCUT2D eigenvalue weighted by Crippen LogP contribution is 2.21. The first kappa shape index (κ1) is 19.0. The second-order valence-corrected chi connectivity index (χ2v) is 6.59. The Morgan fingerprint density at radius 2 is 2.04 bits per heavy atom. The summed E-state index contributed by atoms with van der Waals surface area (Å²) in [5.41, 5.74) is 2.69. The number of hydrogen-bond donors (Lipinski definition) is 1. The number of nitrogens with zero attached hydrogens (tertiary/aromatic N) is 1. The zero-order valence-electron chi connectivity index (χ0n) is 15.1. The number of carboxylic acids is 1. The lowest BCUT2D eigenvalue weighted by Crippen LogP contribution is -2.33. The van der Waals surface area contributed by atoms with Gasteiger partial charge in [0.15, 0.2) is 0 Å². The fourth-order valence-corrected chi connectivity index (χ4v) is 3.14. The molecule has 1 aliphatic heterocycles. The van der Waals surface area contributed by atoms with Gasteiger partial charge in [0.25, 0.3) is 0 Å². The number of allylic oxidation sites excluding steroid dienone is 3. The molecule has 0 saturated carbocycles. The summed E-state index contributed by atoms with van der Waals surface area (Å²) in [6, 6.07) is 7.04. The number of carboxylic acid groups (broad SMARTS) is 1. The highest BCUT2D eigenvalue weighted by molar-refractivity contribution is 5.87. The average Bonchev–Trinajstić information content (AvgIpc) is 2.93. The monoisotopic (exact) mass is 341 g/mol. The van der Waals surface area contributed by atoms with Gasteiger partial charge >= 0.3 is 5.97 Å². The lowest BCUT2D eigenvalue weighted by atomic mass is 10.1. The molecular weight excluding hydrogens is 314 g/mol. The average molecular weight is 341 g/mol. The fourth-order valence-electron chi connectivity index (χ4n) is 3.14. The minimum absolute atomic E-state index is 0.163. The SMILES string of the molecule is CCCC(C)=CC=C[C@H]1CCC(=O)N1CCc1ccc(C(=O)O)cc1. The zero-order chi connectivity index (χ0) is 18.2. The van der Waals surface area contributed by atoms with Crippen molar-refractivity contribution in [3.8, 4) is 0 Å². The van der Waals surface area contributed by atoms with Crippen LogP contribution in [0.1, 0.15) is 55.5 Å². The summed E-state index contributed by atoms with van der Waals surface area (Å²) in [7, 11) is 0. The standard InChI is InChI=1S/C21H27NO3/c1-3-5-16(2)6-4-7-19-12-13-20(23)22(19)15-14-17-8-10-18(11-9-17)21(24)25/h4,6-11,19H,3,5,12-15H2,1-2H3,(H,24,25)/t19-/m0/s1. The van der Waals surface area contributed by atoms with Crippen molar-refractivity contribution in [2.45, 2.75) is 52.0 Å². The van der Waals surface area contributed by atoms with E-state index in [2.05, 4.69) is 32.1 Å². The first-order valence-electron chi connectivity index (χ1n) is 8.97. The maximum absolute atomic E-state index is 12.1. The number of aromatic carboxylic acids is 1. The number of hydrogen-bond acceptors (Lipinski definition) is 2. The summed E-state index contributed by atoms with van der Waals surface area (Å²) < 4.78 is 0. The van der Waals surface area contributed by atoms with Crippen LogP contribution in [-0.4, -0.2) is 34.5 Å². The first-order chi connectivity index (χ1) is 12.0. The minimum Gasteiger partial charge on any atom is -0.478 e. The van der Waals surface area contributed by atoms with Crippen LogP contribution in [-0.2, 0) is 11.2 Å². The molecule has 25 heavy (non-hydrogen) atoms. The summed E-state index contributed by atoms with van der Waals surface area (Å²) in [4.78, 5) is 25.0. The topological polar surface area (TPSA) is 57.6 Å². The summed E-state index contributed by atoms with van der Waals surface area (Å²) in [5, 5.41) is 8.94. The van der Waals surface area contributed by atoms with Gasteiger partial charge in [0.1, 0.15) is 0 Å². The van der Waals surface area contributed by atoms with E-state index >= 15 is 0 Å². The molecule has 1 saturated heterocycles. The zero-order valence-corrected chi connectivity index (χ0v) is 15.1. The van der Waals surface area contributed by atoms with E-state index in [1.807, 2.05) is 17.0 Å². The van der Waals surface area contributed by atoms with Gasteiger partial charge in [-0.25, -0.2) is 4.79 Å². The van der Waals surface area contributed by atoms with Crippen LogP contribution in [0.15, 0.2) is 48.1 Å². The predicted molar refractivity (Wildman–Crippen MR) is 99.6 cm³/mol. The van der Waals surface area contributed by atoms with Crippen LogP contribution in [0.4, 0.5) is 0 Å². The van der Waals surface area contributed by atoms with Crippen molar-refractivity contribution < 1.29 is 14.7 Å². The molecule has 4 nitrogen and oxygen atoms in total. The molecule has 1 aromatic rings. The lowest BCUT2D eigenvalue weighted by Gasteiger charge is -2.22. The Balaban J connectivity index is 1.94. The van der Waals surface area contributed by atoms with E-state index in [0.29, 0.717) is 13.0 Å². The van der Waals surface area contributed by atoms with Crippen LogP contribution in [0, 0.1) is 0 Å². The number of rotatable bonds is 8. The normalized spacial score (nSPS) is 18.3. The Labute approximate surface area is 149 Å². The quantitative estimate of drug-likeness (QED) is 0.720. The molecule has 2 rings (SSSR count). The van der Waals surface area contributed by atoms with Crippen molar-refractivity contribution in [2.75, 3.05) is 6.54 Å². The van der Waals surface area contributed by atoms with Gasteiger partial charge in [-0.1, -0.05) is 49.3 Å². The van der Waals surface area contributed by atoms with Gasteiger partial charge in [0, 0.05) is 13.0 Å². The van der Waals surface area contributed by atoms with Crippen molar-refractivity contribution in [2.24, 2.45) is 0 Å². The Hall–Kier alpha value is -2.36. The van der Waals surface area contributed by atoms with Gasteiger partial charge in [-0.2, -0.15) is 0 Å². The van der Waals surface area contributed by atoms with Crippen LogP contribution in [0.3, 0.4) is 0 Å². The molecule has 1 aliphatic rings. The summed E-state index contributed by atoms with van der Waals surface area (Å²) in [6.45, 7) is 4.96. The third kappa shape index (κ3) is 5.59. The van der Waals surface area contributed by atoms with Crippen LogP contribution >= 0.6 is 0 Å². The maximum atomic E-state index is 12.1. The van der Waals surface area contributed by atoms with E-state index < -0.39 is 5.97 Å². The molecular formula is C21H27NO3. The van der Waals surface area contributed by atoms with Crippen molar-refractivity contribution >= 4 is 11.9 Å². The van der Waals surface area contributed by atoms with E-state index in [9.17, 15) is 9.59 Å². The molecule has 0 unspecified atom stereocenters. The molecule has 134 valence electrons. The van der Waals surface area contributed by atoms with Gasteiger partial charge < -0.3 is 10.0 Å². The van der Waals surface area contributed by atoms with E-state index in [-0.39, 0.29) is 17.5 Å². The van der Waals surface area contributed by atoms with Gasteiger partial charge in [-0.05, 0) is 43.9 Å². The summed E-state index contributed by atoms with van der Waals surface area (Å²) in [5.74, 6) is -0.719. The highest BCUT2D eigenvalue weighted by Gasteiger charge is 2.28. The lowest BCUT2D eigenvalue weighted by molar-refractivity contribution is -0.128. The molecule has 0 radical (unpaired) electrons. The Kier molecular flexibility index (Phi) is 6.99. The number of benzene rings is 1. The Bertz CT molecular complexity index is 658. The van der Waals surface area contributed by atoms with Crippen molar-refractivity contribution in [3.63, 3.8) is 0 Å². The molecule has 1 aromatic carbocycles. The smallest absolute Gasteiger partial charge is 0.335 e. The van der Waals surface area contributed by atoms with Gasteiger partial charge in [0.2, 0.25) is 5.91 Å². The van der Waals surface area contributed by atoms with E-state index in [4.69, 9.17) is 5.11 Å². The Morgan fingerprint density at radius 1 is 1.32 bits per heavy atom. The van der Waals surface area contributed by atoms with E-state index in [1.54, 1.807) is 12.1 Å². The highest BCUT2D eigenvalue weighted by atomic mass is 16.4. The van der Waals surface area contributed by atoms with Gasteiger partial charge in [0.05, 0.1) is 11.6 Å². The number of likely N-dealkylation sites (tertiary alicyclic amines) is 1. The van der Waals surface area contributed by atoms with Crippen molar-refractivity contribution in [1.82, 2.24) is 4.90 Å². The molecule has 1 atom stereocenters. The van der Waals surface area contributed by atoms with Gasteiger partial charge in [-0.3, -0.25) is 4.79 Å². The minimum atomic E-state index is -0.919. The van der Waals surface area contributed by atoms with E-state index in [0.717, 1.165) is 31.2 Å². The molecule has 1 N–H and O–H groups in total. The van der Waals surface area contributed by atoms with Crippen molar-refractivity contribution in [3.05, 3.63) is 59.2 Å². The third-order valence-electron chi connectivity index (χ3n) is 4.58. The largest absolute Gasteiger partial charge is 0.478 e. The number of amides is 1. The molecule has 4 heteroatoms. The maximum Gasteiger partial charge on any atom is 0.335 e. The van der Waals surface area contributed by atoms with Crippen LogP contribution in [0.5, 0.6) is 0 Å². The summed E-state index contributed by atoms with van der Waals surface area (Å²) >= 11 is 0. The van der Waals surface area contributed by atoms with Crippen molar-refractivity contribution in [1.29, 1.82) is 0 Å². The molecule has 0 bridgehead atoms. The first-order valence-corrected chi connectivity index (χ1v) is 8.97. The Morgan fingerprint density at radius 3 is 2.68 bits per heavy atom. The van der Waals surface area contributed by atoms with Crippen LogP contribution < -0.4 is 0 Å². The number of carbonyl (C=O) groups excluding carboxylic acids is 1. The van der Waals surface area contributed by atoms with Gasteiger partial charge in [-0.15, -0.1) is 0 Å². The fraction of sp³-hybridized carbons (Fsp3) is 0.429. The van der Waals surface area contributed by atoms with E-state index in [1.165, 1.54) is 5.57 Å². The molecule has 1 amide bonds. The molecule has 1 fully saturated rings.